The number of nitrogens with one attached hydrogen (secondary N) is 1. The summed E-state index contributed by atoms with van der Waals surface area (Å²) in [7, 11) is -3.69. The van der Waals surface area contributed by atoms with E-state index >= 15 is 0 Å². The summed E-state index contributed by atoms with van der Waals surface area (Å²) in [5.74, 6) is 0.0596. The molecule has 1 amide bonds. The van der Waals surface area contributed by atoms with Crippen LogP contribution in [0.5, 0.6) is 0 Å². The van der Waals surface area contributed by atoms with Crippen LogP contribution in [0.25, 0.3) is 10.9 Å². The van der Waals surface area contributed by atoms with Gasteiger partial charge in [0.15, 0.2) is 5.13 Å². The predicted octanol–water partition coefficient (Wildman–Crippen LogP) is 4.54. The standard InChI is InChI=1S/C24H24ClN5O3S2.H2/c1-17-15-28(20-4-6-21(7-5-20)35(32,33)27-24-26-9-13-34-24)11-12-30(17)23(31)16-29-10-8-18-2-3-19(25)14-22(18)29;/h2-10,13-14,17H,11-12,15-16H2,1H3,(H,26,27);1H/t17-;/m1./s1. The number of hydrogen-bond acceptors (Lipinski definition) is 6. The van der Waals surface area contributed by atoms with Crippen molar-refractivity contribution < 1.29 is 14.6 Å². The van der Waals surface area contributed by atoms with E-state index in [2.05, 4.69) is 14.6 Å². The average Bonchev–Trinajstić information content (AvgIpc) is 3.48. The third-order valence-electron chi connectivity index (χ3n) is 6.16. The van der Waals surface area contributed by atoms with Crippen molar-refractivity contribution in [2.45, 2.75) is 24.4 Å². The van der Waals surface area contributed by atoms with Gasteiger partial charge in [-0.05, 0) is 54.8 Å². The van der Waals surface area contributed by atoms with Gasteiger partial charge in [-0.3, -0.25) is 9.52 Å². The SMILES string of the molecule is C[C@@H]1CN(c2ccc(S(=O)(=O)Nc3nccs3)cc2)CCN1C(=O)Cn1ccc2ccc(Cl)cc21.[HH]. The van der Waals surface area contributed by atoms with Crippen molar-refractivity contribution in [3.63, 3.8) is 0 Å². The summed E-state index contributed by atoms with van der Waals surface area (Å²) in [6.07, 6.45) is 3.46. The minimum absolute atomic E-state index is 0. The fourth-order valence-electron chi connectivity index (χ4n) is 4.38. The quantitative estimate of drug-likeness (QED) is 0.395. The Kier molecular flexibility index (Phi) is 6.43. The summed E-state index contributed by atoms with van der Waals surface area (Å²) < 4.78 is 29.6. The first-order chi connectivity index (χ1) is 16.8. The fraction of sp³-hybridized carbons (Fsp3) is 0.250. The molecular weight excluding hydrogens is 506 g/mol. The number of carbonyl (C=O) groups excluding carboxylic acids is 1. The van der Waals surface area contributed by atoms with E-state index in [1.165, 1.54) is 11.3 Å². The highest BCUT2D eigenvalue weighted by atomic mass is 35.5. The van der Waals surface area contributed by atoms with E-state index in [1.54, 1.807) is 35.8 Å². The predicted molar refractivity (Wildman–Crippen MR) is 142 cm³/mol. The van der Waals surface area contributed by atoms with Gasteiger partial charge in [-0.1, -0.05) is 17.7 Å². The average molecular weight is 532 g/mol. The first-order valence-electron chi connectivity index (χ1n) is 11.1. The number of piperazine rings is 1. The highest BCUT2D eigenvalue weighted by molar-refractivity contribution is 7.93. The lowest BCUT2D eigenvalue weighted by molar-refractivity contribution is -0.134. The number of amides is 1. The zero-order chi connectivity index (χ0) is 24.6. The summed E-state index contributed by atoms with van der Waals surface area (Å²) in [6.45, 7) is 4.20. The number of anilines is 2. The number of thiazole rings is 1. The maximum atomic E-state index is 13.1. The molecule has 2 aromatic carbocycles. The van der Waals surface area contributed by atoms with Crippen molar-refractivity contribution in [2.75, 3.05) is 29.3 Å². The van der Waals surface area contributed by atoms with E-state index in [0.29, 0.717) is 29.8 Å². The van der Waals surface area contributed by atoms with Crippen molar-refractivity contribution >= 4 is 60.6 Å². The highest BCUT2D eigenvalue weighted by Gasteiger charge is 2.28. The molecule has 1 atom stereocenters. The molecule has 1 aliphatic heterocycles. The zero-order valence-electron chi connectivity index (χ0n) is 19.0. The van der Waals surface area contributed by atoms with E-state index in [1.807, 2.05) is 46.9 Å². The van der Waals surface area contributed by atoms with Gasteiger partial charge >= 0.3 is 0 Å². The van der Waals surface area contributed by atoms with Gasteiger partial charge in [0, 0.05) is 61.1 Å². The summed E-state index contributed by atoms with van der Waals surface area (Å²) in [6, 6.07) is 14.5. The number of benzene rings is 2. The molecule has 0 aliphatic carbocycles. The van der Waals surface area contributed by atoms with Crippen LogP contribution in [0.1, 0.15) is 8.35 Å². The van der Waals surface area contributed by atoms with Crippen LogP contribution in [-0.2, 0) is 21.4 Å². The molecule has 11 heteroatoms. The number of nitrogens with zero attached hydrogens (tertiary/aromatic N) is 4. The smallest absolute Gasteiger partial charge is 0.263 e. The molecule has 184 valence electrons. The third-order valence-corrected chi connectivity index (χ3v) is 8.56. The third kappa shape index (κ3) is 5.00. The Morgan fingerprint density at radius 3 is 2.71 bits per heavy atom. The second-order valence-corrected chi connectivity index (χ2v) is 11.5. The minimum Gasteiger partial charge on any atom is -0.368 e. The van der Waals surface area contributed by atoms with Crippen LogP contribution in [0.4, 0.5) is 10.8 Å². The Hall–Kier alpha value is -3.08. The van der Waals surface area contributed by atoms with Gasteiger partial charge in [0.25, 0.3) is 10.0 Å². The Balaban J connectivity index is 0.00000304. The van der Waals surface area contributed by atoms with E-state index < -0.39 is 10.0 Å². The maximum Gasteiger partial charge on any atom is 0.263 e. The van der Waals surface area contributed by atoms with E-state index in [4.69, 9.17) is 11.6 Å². The van der Waals surface area contributed by atoms with Crippen molar-refractivity contribution in [1.29, 1.82) is 0 Å². The molecule has 4 aromatic rings. The van der Waals surface area contributed by atoms with Gasteiger partial charge in [-0.25, -0.2) is 13.4 Å². The lowest BCUT2D eigenvalue weighted by atomic mass is 10.1. The minimum atomic E-state index is -3.69. The maximum absolute atomic E-state index is 13.1. The van der Waals surface area contributed by atoms with Gasteiger partial charge in [0.05, 0.1) is 4.90 Å². The number of aromatic nitrogens is 2. The Bertz CT molecular complexity index is 1460. The van der Waals surface area contributed by atoms with Gasteiger partial charge < -0.3 is 14.4 Å². The van der Waals surface area contributed by atoms with Crippen LogP contribution in [0.3, 0.4) is 0 Å². The molecule has 0 radical (unpaired) electrons. The number of rotatable bonds is 6. The van der Waals surface area contributed by atoms with Crippen LogP contribution < -0.4 is 9.62 Å². The first-order valence-corrected chi connectivity index (χ1v) is 13.9. The molecule has 2 aromatic heterocycles. The van der Waals surface area contributed by atoms with E-state index in [0.717, 1.165) is 16.6 Å². The molecule has 0 saturated carbocycles. The normalized spacial score (nSPS) is 16.6. The molecule has 1 fully saturated rings. The van der Waals surface area contributed by atoms with Crippen LogP contribution in [0.2, 0.25) is 5.02 Å². The Labute approximate surface area is 214 Å². The largest absolute Gasteiger partial charge is 0.368 e. The van der Waals surface area contributed by atoms with E-state index in [9.17, 15) is 13.2 Å². The summed E-state index contributed by atoms with van der Waals surface area (Å²) >= 11 is 7.37. The number of fused-ring (bicyclic) bond motifs is 1. The Morgan fingerprint density at radius 2 is 2.00 bits per heavy atom. The number of halogens is 1. The molecule has 1 N–H and O–H groups in total. The van der Waals surface area contributed by atoms with Crippen LogP contribution in [-0.4, -0.2) is 54.5 Å². The molecule has 5 rings (SSSR count). The molecule has 3 heterocycles. The van der Waals surface area contributed by atoms with Crippen LogP contribution >= 0.6 is 22.9 Å². The van der Waals surface area contributed by atoms with Crippen molar-refractivity contribution in [1.82, 2.24) is 14.5 Å². The molecule has 0 unspecified atom stereocenters. The molecular formula is C24H26ClN5O3S2. The van der Waals surface area contributed by atoms with Gasteiger partial charge in [0.2, 0.25) is 5.91 Å². The molecule has 0 spiro atoms. The summed E-state index contributed by atoms with van der Waals surface area (Å²) in [4.78, 5) is 21.3. The number of sulfonamides is 1. The number of carbonyl (C=O) groups is 1. The lowest BCUT2D eigenvalue weighted by Gasteiger charge is -2.41. The summed E-state index contributed by atoms with van der Waals surface area (Å²) in [5, 5.41) is 3.74. The van der Waals surface area contributed by atoms with Gasteiger partial charge in [-0.2, -0.15) is 0 Å². The second-order valence-electron chi connectivity index (χ2n) is 8.47. The fourth-order valence-corrected chi connectivity index (χ4v) is 6.33. The van der Waals surface area contributed by atoms with Crippen LogP contribution in [0, 0.1) is 0 Å². The molecule has 35 heavy (non-hydrogen) atoms. The van der Waals surface area contributed by atoms with E-state index in [-0.39, 0.29) is 24.8 Å². The topological polar surface area (TPSA) is 87.5 Å². The highest BCUT2D eigenvalue weighted by Crippen LogP contribution is 2.25. The zero-order valence-corrected chi connectivity index (χ0v) is 21.4. The molecule has 0 bridgehead atoms. The van der Waals surface area contributed by atoms with Crippen molar-refractivity contribution in [2.24, 2.45) is 0 Å². The second kappa shape index (κ2) is 9.52. The monoisotopic (exact) mass is 531 g/mol. The van der Waals surface area contributed by atoms with Crippen molar-refractivity contribution in [3.8, 4) is 0 Å². The van der Waals surface area contributed by atoms with Crippen molar-refractivity contribution in [3.05, 3.63) is 71.3 Å². The molecule has 8 nitrogen and oxygen atoms in total. The summed E-state index contributed by atoms with van der Waals surface area (Å²) in [5.41, 5.74) is 1.86. The van der Waals surface area contributed by atoms with Gasteiger partial charge in [0.1, 0.15) is 6.54 Å². The lowest BCUT2D eigenvalue weighted by Crippen LogP contribution is -2.54. The Morgan fingerprint density at radius 1 is 1.20 bits per heavy atom. The molecule has 1 saturated heterocycles. The molecule has 1 aliphatic rings. The van der Waals surface area contributed by atoms with Gasteiger partial charge in [-0.15, -0.1) is 11.3 Å². The van der Waals surface area contributed by atoms with Crippen LogP contribution in [0.15, 0.2) is 71.2 Å². The first kappa shape index (κ1) is 23.7. The number of hydrogen-bond donors (Lipinski definition) is 1.